The van der Waals surface area contributed by atoms with Gasteiger partial charge in [0.2, 0.25) is 0 Å². The van der Waals surface area contributed by atoms with Gasteiger partial charge in [0.05, 0.1) is 17.6 Å². The molecule has 1 aliphatic heterocycles. The highest BCUT2D eigenvalue weighted by molar-refractivity contribution is 6.12. The zero-order valence-corrected chi connectivity index (χ0v) is 15.7. The fourth-order valence-corrected chi connectivity index (χ4v) is 3.41. The number of benzene rings is 3. The van der Waals surface area contributed by atoms with Crippen LogP contribution in [0.5, 0.6) is 11.5 Å². The molecule has 9 heteroatoms. The maximum Gasteiger partial charge on any atom is 0.265 e. The van der Waals surface area contributed by atoms with E-state index in [1.807, 2.05) is 0 Å². The number of hydrogen-bond donors (Lipinski definition) is 1. The summed E-state index contributed by atoms with van der Waals surface area (Å²) in [5.41, 5.74) is 0.890. The van der Waals surface area contributed by atoms with Crippen molar-refractivity contribution in [2.24, 2.45) is 0 Å². The predicted octanol–water partition coefficient (Wildman–Crippen LogP) is 3.59. The third kappa shape index (κ3) is 3.16. The lowest BCUT2D eigenvalue weighted by molar-refractivity contribution is -0.398. The van der Waals surface area contributed by atoms with Gasteiger partial charge in [0.15, 0.2) is 0 Å². The summed E-state index contributed by atoms with van der Waals surface area (Å²) in [6, 6.07) is 14.6. The van der Waals surface area contributed by atoms with E-state index in [4.69, 9.17) is 4.74 Å². The van der Waals surface area contributed by atoms with Crippen molar-refractivity contribution in [2.45, 2.75) is 6.17 Å². The second kappa shape index (κ2) is 7.36. The smallest absolute Gasteiger partial charge is 0.265 e. The lowest BCUT2D eigenvalue weighted by atomic mass is 10.0. The molecule has 30 heavy (non-hydrogen) atoms. The van der Waals surface area contributed by atoms with E-state index in [0.29, 0.717) is 16.9 Å². The molecule has 0 spiro atoms. The number of carbonyl (C=O) groups is 1. The van der Waals surface area contributed by atoms with Crippen LogP contribution in [-0.4, -0.2) is 17.9 Å². The number of methoxy groups -OCH3 is 1. The number of nitro groups is 1. The second-order valence-corrected chi connectivity index (χ2v) is 6.57. The molecular formula is C21H15FN3O5-. The zero-order chi connectivity index (χ0) is 21.4. The van der Waals surface area contributed by atoms with Gasteiger partial charge >= 0.3 is 0 Å². The lowest BCUT2D eigenvalue weighted by Crippen LogP contribution is -2.43. The number of anilines is 2. The van der Waals surface area contributed by atoms with Crippen LogP contribution in [0, 0.1) is 15.9 Å². The van der Waals surface area contributed by atoms with Crippen molar-refractivity contribution >= 4 is 23.0 Å². The van der Waals surface area contributed by atoms with E-state index >= 15 is 0 Å². The summed E-state index contributed by atoms with van der Waals surface area (Å²) in [5.74, 6) is -1.93. The monoisotopic (exact) mass is 408 g/mol. The minimum atomic E-state index is -0.897. The molecule has 1 heterocycles. The van der Waals surface area contributed by atoms with Crippen LogP contribution in [-0.2, 0) is 0 Å². The van der Waals surface area contributed by atoms with Gasteiger partial charge in [0.1, 0.15) is 17.7 Å². The molecule has 1 amide bonds. The molecular weight excluding hydrogens is 393 g/mol. The predicted molar refractivity (Wildman–Crippen MR) is 105 cm³/mol. The van der Waals surface area contributed by atoms with Crippen LogP contribution in [0.1, 0.15) is 22.1 Å². The van der Waals surface area contributed by atoms with Gasteiger partial charge in [-0.2, -0.15) is 0 Å². The molecule has 3 aromatic rings. The Bertz CT molecular complexity index is 1150. The molecule has 0 fully saturated rings. The molecule has 1 atom stereocenters. The number of para-hydroxylation sites is 1. The first-order valence-corrected chi connectivity index (χ1v) is 8.88. The van der Waals surface area contributed by atoms with Crippen molar-refractivity contribution in [1.82, 2.24) is 0 Å². The summed E-state index contributed by atoms with van der Waals surface area (Å²) in [4.78, 5) is 25.2. The molecule has 1 aliphatic rings. The normalized spacial score (nSPS) is 15.3. The Morgan fingerprint density at radius 1 is 1.13 bits per heavy atom. The van der Waals surface area contributed by atoms with Crippen molar-refractivity contribution in [3.8, 4) is 11.5 Å². The molecule has 0 saturated heterocycles. The van der Waals surface area contributed by atoms with Crippen molar-refractivity contribution in [1.29, 1.82) is 0 Å². The number of ether oxygens (including phenoxy) is 1. The topological polar surface area (TPSA) is 108 Å². The van der Waals surface area contributed by atoms with Crippen LogP contribution in [0.2, 0.25) is 0 Å². The summed E-state index contributed by atoms with van der Waals surface area (Å²) in [7, 11) is 1.23. The highest BCUT2D eigenvalue weighted by Gasteiger charge is 2.35. The van der Waals surface area contributed by atoms with Gasteiger partial charge in [-0.15, -0.1) is 0 Å². The Labute approximate surface area is 170 Å². The Balaban J connectivity index is 1.92. The van der Waals surface area contributed by atoms with Crippen molar-refractivity contribution in [3.05, 3.63) is 87.7 Å². The number of nitrogens with one attached hydrogen (secondary N) is 1. The summed E-state index contributed by atoms with van der Waals surface area (Å²) in [6.45, 7) is 0. The highest BCUT2D eigenvalue weighted by Crippen LogP contribution is 2.41. The number of nitrogens with zero attached hydrogens (tertiary/aromatic N) is 2. The Kier molecular flexibility index (Phi) is 4.71. The fourth-order valence-electron chi connectivity index (χ4n) is 3.41. The molecule has 0 aliphatic carbocycles. The van der Waals surface area contributed by atoms with Gasteiger partial charge in [-0.05, 0) is 42.5 Å². The van der Waals surface area contributed by atoms with Gasteiger partial charge < -0.3 is 15.2 Å². The third-order valence-electron chi connectivity index (χ3n) is 4.82. The molecule has 0 saturated carbocycles. The van der Waals surface area contributed by atoms with E-state index in [9.17, 15) is 24.4 Å². The molecule has 8 nitrogen and oxygen atoms in total. The first kappa shape index (κ1) is 19.2. The van der Waals surface area contributed by atoms with Crippen molar-refractivity contribution < 1.29 is 24.0 Å². The number of rotatable bonds is 4. The number of halogens is 1. The molecule has 0 bridgehead atoms. The van der Waals surface area contributed by atoms with E-state index in [0.717, 1.165) is 6.07 Å². The van der Waals surface area contributed by atoms with Crippen LogP contribution in [0.3, 0.4) is 0 Å². The Hall–Kier alpha value is -4.14. The summed E-state index contributed by atoms with van der Waals surface area (Å²) in [5, 5.41) is 26.8. The Morgan fingerprint density at radius 2 is 1.83 bits per heavy atom. The van der Waals surface area contributed by atoms with Gasteiger partial charge in [-0.3, -0.25) is 19.8 Å². The summed E-state index contributed by atoms with van der Waals surface area (Å²) < 4.78 is 18.5. The van der Waals surface area contributed by atoms with E-state index in [-0.39, 0.29) is 17.2 Å². The largest absolute Gasteiger partial charge is 0.865 e. The van der Waals surface area contributed by atoms with Crippen LogP contribution in [0.15, 0.2) is 60.7 Å². The zero-order valence-electron chi connectivity index (χ0n) is 15.7. The molecule has 0 unspecified atom stereocenters. The standard InChI is InChI=1S/C21H16FN3O5/c1-30-18-11-12(10-17(19(18)26)25(28)29)20-23-16-5-3-2-4-15(16)21(27)24(20)14-8-6-13(22)7-9-14/h2-11,20,23,26H,1H3/p-1/t20-/m0/s1. The number of fused-ring (bicyclic) bond motifs is 1. The number of amides is 1. The maximum atomic E-state index is 13.4. The second-order valence-electron chi connectivity index (χ2n) is 6.57. The molecule has 0 radical (unpaired) electrons. The van der Waals surface area contributed by atoms with Gasteiger partial charge in [-0.25, -0.2) is 4.39 Å². The van der Waals surface area contributed by atoms with E-state index in [2.05, 4.69) is 5.32 Å². The number of hydrogen-bond acceptors (Lipinski definition) is 6. The molecule has 0 aromatic heterocycles. The van der Waals surface area contributed by atoms with E-state index in [1.54, 1.807) is 24.3 Å². The van der Waals surface area contributed by atoms with E-state index < -0.39 is 28.3 Å². The average Bonchev–Trinajstić information content (AvgIpc) is 2.74. The summed E-state index contributed by atoms with van der Waals surface area (Å²) >= 11 is 0. The third-order valence-corrected chi connectivity index (χ3v) is 4.82. The molecule has 152 valence electrons. The van der Waals surface area contributed by atoms with Crippen LogP contribution in [0.25, 0.3) is 0 Å². The highest BCUT2D eigenvalue weighted by atomic mass is 19.1. The Morgan fingerprint density at radius 3 is 2.50 bits per heavy atom. The van der Waals surface area contributed by atoms with Gasteiger partial charge in [-0.1, -0.05) is 12.1 Å². The van der Waals surface area contributed by atoms with Crippen LogP contribution >= 0.6 is 0 Å². The average molecular weight is 408 g/mol. The first-order chi connectivity index (χ1) is 14.4. The van der Waals surface area contributed by atoms with E-state index in [1.165, 1.54) is 42.3 Å². The van der Waals surface area contributed by atoms with Crippen LogP contribution < -0.4 is 20.1 Å². The number of carbonyl (C=O) groups excluding carboxylic acids is 1. The quantitative estimate of drug-likeness (QED) is 0.522. The molecule has 4 rings (SSSR count). The minimum absolute atomic E-state index is 0.216. The lowest BCUT2D eigenvalue weighted by Gasteiger charge is -2.38. The minimum Gasteiger partial charge on any atom is -0.865 e. The molecule has 1 N–H and O–H groups in total. The van der Waals surface area contributed by atoms with Crippen LogP contribution in [0.4, 0.5) is 21.5 Å². The number of nitro benzene ring substituents is 1. The fraction of sp³-hybridized carbons (Fsp3) is 0.0952. The summed E-state index contributed by atoms with van der Waals surface area (Å²) in [6.07, 6.45) is -0.897. The SMILES string of the molecule is COc1cc([C@H]2Nc3ccccc3C(=O)N2c2ccc(F)cc2)cc([N+](=O)[O-])c1[O-]. The van der Waals surface area contributed by atoms with Crippen molar-refractivity contribution in [2.75, 3.05) is 17.3 Å². The van der Waals surface area contributed by atoms with Gasteiger partial charge in [0.25, 0.3) is 11.6 Å². The van der Waals surface area contributed by atoms with Crippen molar-refractivity contribution in [3.63, 3.8) is 0 Å². The van der Waals surface area contributed by atoms with Gasteiger partial charge in [0, 0.05) is 28.8 Å². The maximum absolute atomic E-state index is 13.4. The first-order valence-electron chi connectivity index (χ1n) is 8.88. The molecule has 3 aromatic carbocycles.